The third kappa shape index (κ3) is 19.8. The largest absolute Gasteiger partial charge is 0.394 e. The summed E-state index contributed by atoms with van der Waals surface area (Å²) in [5.74, 6) is -1.33. The molecule has 3 rings (SSSR count). The van der Waals surface area contributed by atoms with Crippen molar-refractivity contribution >= 4 is 17.7 Å². The molecule has 0 saturated carbocycles. The molecule has 24 heteroatoms. The molecule has 12 N–H and O–H groups in total. The lowest BCUT2D eigenvalue weighted by atomic mass is 9.94. The molecule has 3 aliphatic rings. The third-order valence-electron chi connectivity index (χ3n) is 11.5. The van der Waals surface area contributed by atoms with Gasteiger partial charge in [-0.3, -0.25) is 14.4 Å². The lowest BCUT2D eigenvalue weighted by Crippen LogP contribution is -2.64. The van der Waals surface area contributed by atoms with Crippen LogP contribution in [0.1, 0.15) is 79.1 Å². The molecule has 3 fully saturated rings. The maximum absolute atomic E-state index is 11.7. The number of hydrogen-bond acceptors (Lipinski definition) is 21. The molecule has 392 valence electrons. The van der Waals surface area contributed by atoms with Gasteiger partial charge < -0.3 is 105 Å². The highest BCUT2D eigenvalue weighted by Crippen LogP contribution is 2.26. The van der Waals surface area contributed by atoms with E-state index in [1.807, 2.05) is 6.92 Å². The van der Waals surface area contributed by atoms with E-state index in [0.29, 0.717) is 91.0 Å². The minimum absolute atomic E-state index is 0.181. The van der Waals surface area contributed by atoms with Crippen molar-refractivity contribution in [3.8, 4) is 0 Å². The number of hydrogen-bond donors (Lipinski definition) is 12. The van der Waals surface area contributed by atoms with Gasteiger partial charge in [-0.2, -0.15) is 0 Å². The van der Waals surface area contributed by atoms with E-state index in [1.54, 1.807) is 0 Å². The molecule has 24 nitrogen and oxygen atoms in total. The summed E-state index contributed by atoms with van der Waals surface area (Å²) in [5, 5.41) is 98.5. The fraction of sp³-hybridized carbons (Fsp3) is 0.930. The van der Waals surface area contributed by atoms with E-state index in [-0.39, 0.29) is 19.8 Å². The van der Waals surface area contributed by atoms with Crippen LogP contribution in [-0.4, -0.2) is 235 Å². The van der Waals surface area contributed by atoms with Crippen molar-refractivity contribution in [1.29, 1.82) is 0 Å². The molecular weight excluding hydrogens is 894 g/mol. The van der Waals surface area contributed by atoms with Crippen LogP contribution in [0.2, 0.25) is 0 Å². The first-order valence-electron chi connectivity index (χ1n) is 23.2. The topological polar surface area (TPSA) is 352 Å². The first kappa shape index (κ1) is 59.0. The summed E-state index contributed by atoms with van der Waals surface area (Å²) in [5.41, 5.74) is -0.544. The number of aliphatic hydroxyl groups excluding tert-OH is 9. The Morgan fingerprint density at radius 1 is 0.433 bits per heavy atom. The Balaban J connectivity index is 1.43. The normalized spacial score (nSPS) is 33.2. The van der Waals surface area contributed by atoms with Crippen molar-refractivity contribution in [2.24, 2.45) is 5.41 Å². The second-order valence-electron chi connectivity index (χ2n) is 17.7. The average molecular weight is 974 g/mol. The molecule has 0 aromatic heterocycles. The average Bonchev–Trinajstić information content (AvgIpc) is 3.28. The monoisotopic (exact) mass is 974 g/mol. The summed E-state index contributed by atoms with van der Waals surface area (Å²) in [4.78, 5) is 35.1. The molecule has 0 bridgehead atoms. The Bertz CT molecular complexity index is 1340. The highest BCUT2D eigenvalue weighted by molar-refractivity contribution is 5.74. The van der Waals surface area contributed by atoms with E-state index in [0.717, 1.165) is 0 Å². The second-order valence-corrected chi connectivity index (χ2v) is 17.7. The van der Waals surface area contributed by atoms with Crippen LogP contribution in [-0.2, 0) is 57.0 Å². The zero-order chi connectivity index (χ0) is 49.5. The first-order chi connectivity index (χ1) is 32.0. The molecule has 0 aromatic carbocycles. The van der Waals surface area contributed by atoms with Crippen LogP contribution in [0.25, 0.3) is 0 Å². The van der Waals surface area contributed by atoms with Gasteiger partial charge in [-0.05, 0) is 51.4 Å². The van der Waals surface area contributed by atoms with Gasteiger partial charge in [0.25, 0.3) is 0 Å². The summed E-state index contributed by atoms with van der Waals surface area (Å²) in [6.45, 7) is 6.91. The van der Waals surface area contributed by atoms with E-state index in [9.17, 15) is 60.3 Å². The van der Waals surface area contributed by atoms with Gasteiger partial charge >= 0.3 is 0 Å². The Morgan fingerprint density at radius 2 is 0.687 bits per heavy atom. The van der Waals surface area contributed by atoms with Gasteiger partial charge in [0.05, 0.1) is 39.6 Å². The minimum Gasteiger partial charge on any atom is -0.394 e. The molecule has 0 aliphatic carbocycles. The molecule has 15 atom stereocenters. The Labute approximate surface area is 391 Å². The maximum atomic E-state index is 11.7. The van der Waals surface area contributed by atoms with E-state index < -0.39 is 135 Å². The molecule has 0 aromatic rings. The summed E-state index contributed by atoms with van der Waals surface area (Å²) >= 11 is 0. The Hall–Kier alpha value is -2.31. The smallest absolute Gasteiger partial charge is 0.217 e. The lowest BCUT2D eigenvalue weighted by Gasteiger charge is -2.42. The van der Waals surface area contributed by atoms with Crippen molar-refractivity contribution in [3.05, 3.63) is 0 Å². The number of carbonyl (C=O) groups excluding carboxylic acids is 3. The molecule has 67 heavy (non-hydrogen) atoms. The quantitative estimate of drug-likeness (QED) is 0.0286. The van der Waals surface area contributed by atoms with Gasteiger partial charge in [0.1, 0.15) is 73.1 Å². The summed E-state index contributed by atoms with van der Waals surface area (Å²) < 4.78 is 52.5. The Kier molecular flexibility index (Phi) is 27.4. The van der Waals surface area contributed by atoms with Gasteiger partial charge in [0.2, 0.25) is 17.7 Å². The number of unbranched alkanes of at least 4 members (excludes halogenated alkanes) is 5. The van der Waals surface area contributed by atoms with Crippen molar-refractivity contribution in [3.63, 3.8) is 0 Å². The number of amides is 3. The highest BCUT2D eigenvalue weighted by atomic mass is 16.7. The molecule has 0 radical (unpaired) electrons. The fourth-order valence-electron chi connectivity index (χ4n) is 7.79. The Morgan fingerprint density at radius 3 is 0.955 bits per heavy atom. The van der Waals surface area contributed by atoms with Crippen LogP contribution >= 0.6 is 0 Å². The number of nitrogens with one attached hydrogen (secondary N) is 3. The SMILES string of the molecule is CC(=O)NC1[C@H](OCCCCCOCC(C)(COCCCCCO[C@@H]2OC(CO)[C@H](O)[C@H](O)C2NC(C)=O)COCCCCO[C@@H]2OC(CO)[C@H](O)[C@H](O)C2NC(C)=O)OC(CO)[C@H](O)[C@@H]1O. The molecule has 3 amide bonds. The van der Waals surface area contributed by atoms with Crippen LogP contribution < -0.4 is 16.0 Å². The zero-order valence-corrected chi connectivity index (χ0v) is 39.2. The summed E-state index contributed by atoms with van der Waals surface area (Å²) in [6.07, 6.45) is -9.76. The first-order valence-corrected chi connectivity index (χ1v) is 23.2. The second kappa shape index (κ2) is 31.1. The van der Waals surface area contributed by atoms with Gasteiger partial charge in [-0.25, -0.2) is 0 Å². The lowest BCUT2D eigenvalue weighted by molar-refractivity contribution is -0.270. The number of ether oxygens (including phenoxy) is 9. The molecule has 3 heterocycles. The van der Waals surface area contributed by atoms with Crippen molar-refractivity contribution in [2.45, 2.75) is 171 Å². The van der Waals surface area contributed by atoms with Gasteiger partial charge in [-0.15, -0.1) is 0 Å². The van der Waals surface area contributed by atoms with Crippen molar-refractivity contribution in [1.82, 2.24) is 16.0 Å². The van der Waals surface area contributed by atoms with Crippen LogP contribution in [0.15, 0.2) is 0 Å². The van der Waals surface area contributed by atoms with Crippen LogP contribution in [0.5, 0.6) is 0 Å². The molecule has 6 unspecified atom stereocenters. The van der Waals surface area contributed by atoms with Crippen LogP contribution in [0, 0.1) is 5.41 Å². The van der Waals surface area contributed by atoms with E-state index in [2.05, 4.69) is 16.0 Å². The molecule has 3 saturated heterocycles. The zero-order valence-electron chi connectivity index (χ0n) is 39.2. The predicted molar refractivity (Wildman–Crippen MR) is 231 cm³/mol. The van der Waals surface area contributed by atoms with Crippen molar-refractivity contribution < 1.29 is 103 Å². The van der Waals surface area contributed by atoms with Crippen LogP contribution in [0.4, 0.5) is 0 Å². The van der Waals surface area contributed by atoms with E-state index in [1.165, 1.54) is 20.8 Å². The molecule has 0 spiro atoms. The molecular formula is C43H79N3O21. The van der Waals surface area contributed by atoms with Crippen molar-refractivity contribution in [2.75, 3.05) is 79.3 Å². The van der Waals surface area contributed by atoms with E-state index in [4.69, 9.17) is 42.6 Å². The highest BCUT2D eigenvalue weighted by Gasteiger charge is 2.47. The number of carbonyl (C=O) groups is 3. The third-order valence-corrected chi connectivity index (χ3v) is 11.5. The minimum atomic E-state index is -1.41. The fourth-order valence-corrected chi connectivity index (χ4v) is 7.79. The van der Waals surface area contributed by atoms with Gasteiger partial charge in [0, 0.05) is 65.8 Å². The number of rotatable bonds is 32. The standard InChI is InChI=1S/C43H79N3O21/c1-25(50)44-31-37(56)34(53)28(19-47)65-40(31)62-16-9-5-7-13-59-22-43(4,24-61-15-11-12-18-64-42-33(46-27(3)52)39(58)36(55)30(21-49)67-42)23-60-14-8-6-10-17-63-41-32(45-26(2)51)38(57)35(54)29(20-48)66-41/h28-42,47-49,53-58H,5-24H2,1-4H3,(H,44,50)(H,45,51)(H,46,52)/t28?,29?,30?,31?,32?,33?,34-,35-,36-,37+,38+,39+,40+,41+,42+,43?/m0/s1. The summed E-state index contributed by atoms with van der Waals surface area (Å²) in [6, 6.07) is -3.07. The van der Waals surface area contributed by atoms with E-state index >= 15 is 0 Å². The maximum Gasteiger partial charge on any atom is 0.217 e. The molecule has 3 aliphatic heterocycles. The number of aliphatic hydroxyl groups is 9. The van der Waals surface area contributed by atoms with Gasteiger partial charge in [0.15, 0.2) is 18.9 Å². The predicted octanol–water partition coefficient (Wildman–Crippen LogP) is -3.96. The van der Waals surface area contributed by atoms with Crippen LogP contribution in [0.3, 0.4) is 0 Å². The van der Waals surface area contributed by atoms with Gasteiger partial charge in [-0.1, -0.05) is 6.92 Å². The summed E-state index contributed by atoms with van der Waals surface area (Å²) in [7, 11) is 0.